The number of hydrogen-bond donors (Lipinski definition) is 2. The fraction of sp³-hybridized carbons (Fsp3) is 0.381. The number of primary amides is 1. The van der Waals surface area contributed by atoms with E-state index >= 15 is 0 Å². The maximum absolute atomic E-state index is 13.1. The summed E-state index contributed by atoms with van der Waals surface area (Å²) in [6.45, 7) is 2.38. The number of ether oxygens (including phenoxy) is 1. The molecule has 0 unspecified atom stereocenters. The van der Waals surface area contributed by atoms with Crippen LogP contribution in [0.15, 0.2) is 53.4 Å². The number of nitrogens with one attached hydrogen (secondary N) is 1. The topological polar surface area (TPSA) is 98.5 Å². The van der Waals surface area contributed by atoms with E-state index in [1.807, 2.05) is 18.2 Å². The van der Waals surface area contributed by atoms with Crippen LogP contribution in [-0.4, -0.2) is 27.5 Å². The molecule has 1 aliphatic carbocycles. The molecule has 0 aromatic heterocycles. The first-order chi connectivity index (χ1) is 13.4. The van der Waals surface area contributed by atoms with Gasteiger partial charge in [0.15, 0.2) is 0 Å². The normalized spacial score (nSPS) is 16.0. The predicted molar refractivity (Wildman–Crippen MR) is 108 cm³/mol. The number of carbonyl (C=O) groups is 1. The molecule has 28 heavy (non-hydrogen) atoms. The van der Waals surface area contributed by atoms with Crippen LogP contribution < -0.4 is 15.2 Å². The van der Waals surface area contributed by atoms with E-state index in [9.17, 15) is 13.2 Å². The molecule has 7 heteroatoms. The van der Waals surface area contributed by atoms with Gasteiger partial charge in [-0.25, -0.2) is 13.1 Å². The van der Waals surface area contributed by atoms with Crippen molar-refractivity contribution in [3.63, 3.8) is 0 Å². The molecule has 150 valence electrons. The molecule has 3 N–H and O–H groups in total. The van der Waals surface area contributed by atoms with Crippen molar-refractivity contribution in [3.05, 3.63) is 59.7 Å². The second-order valence-electron chi connectivity index (χ2n) is 7.14. The smallest absolute Gasteiger partial charge is 0.248 e. The molecule has 2 aromatic rings. The van der Waals surface area contributed by atoms with Crippen LogP contribution in [0, 0.1) is 0 Å². The summed E-state index contributed by atoms with van der Waals surface area (Å²) in [5.41, 5.74) is 6.38. The summed E-state index contributed by atoms with van der Waals surface area (Å²) in [5.74, 6) is -0.476. The van der Waals surface area contributed by atoms with Crippen LogP contribution in [0.4, 0.5) is 0 Å². The number of amides is 1. The second-order valence-corrected chi connectivity index (χ2v) is 8.87. The third kappa shape index (κ3) is 4.20. The monoisotopic (exact) mass is 402 g/mol. The first-order valence-electron chi connectivity index (χ1n) is 9.50. The Morgan fingerprint density at radius 2 is 1.82 bits per heavy atom. The van der Waals surface area contributed by atoms with E-state index in [-0.39, 0.29) is 21.6 Å². The first kappa shape index (κ1) is 20.4. The molecule has 6 nitrogen and oxygen atoms in total. The summed E-state index contributed by atoms with van der Waals surface area (Å²) < 4.78 is 34.4. The highest BCUT2D eigenvalue weighted by molar-refractivity contribution is 7.89. The minimum atomic E-state index is -3.89. The van der Waals surface area contributed by atoms with Gasteiger partial charge in [-0.15, -0.1) is 0 Å². The Morgan fingerprint density at radius 3 is 2.43 bits per heavy atom. The van der Waals surface area contributed by atoms with Crippen LogP contribution in [0.5, 0.6) is 5.75 Å². The molecule has 0 spiro atoms. The van der Waals surface area contributed by atoms with Crippen molar-refractivity contribution >= 4 is 15.9 Å². The number of carbonyl (C=O) groups excluding carboxylic acids is 1. The molecule has 1 aliphatic rings. The highest BCUT2D eigenvalue weighted by Gasteiger charge is 2.37. The Bertz CT molecular complexity index is 936. The molecule has 0 radical (unpaired) electrons. The molecular weight excluding hydrogens is 376 g/mol. The number of benzene rings is 2. The van der Waals surface area contributed by atoms with Crippen molar-refractivity contribution in [2.75, 3.05) is 13.2 Å². The number of hydrogen-bond acceptors (Lipinski definition) is 4. The zero-order valence-electron chi connectivity index (χ0n) is 16.0. The number of rotatable bonds is 8. The summed E-state index contributed by atoms with van der Waals surface area (Å²) in [4.78, 5) is 11.5. The lowest BCUT2D eigenvalue weighted by molar-refractivity contribution is 0.1000. The van der Waals surface area contributed by atoms with E-state index in [1.54, 1.807) is 6.92 Å². The highest BCUT2D eigenvalue weighted by atomic mass is 32.2. The van der Waals surface area contributed by atoms with Gasteiger partial charge >= 0.3 is 0 Å². The van der Waals surface area contributed by atoms with Crippen LogP contribution >= 0.6 is 0 Å². The van der Waals surface area contributed by atoms with E-state index in [0.29, 0.717) is 13.2 Å². The third-order valence-electron chi connectivity index (χ3n) is 5.36. The summed E-state index contributed by atoms with van der Waals surface area (Å²) in [5, 5.41) is 0. The maximum atomic E-state index is 13.1. The first-order valence-corrected chi connectivity index (χ1v) is 11.0. The van der Waals surface area contributed by atoms with Crippen molar-refractivity contribution in [2.45, 2.75) is 42.9 Å². The van der Waals surface area contributed by atoms with E-state index in [4.69, 9.17) is 10.5 Å². The van der Waals surface area contributed by atoms with Crippen molar-refractivity contribution in [1.82, 2.24) is 4.72 Å². The van der Waals surface area contributed by atoms with Crippen LogP contribution in [0.1, 0.15) is 48.5 Å². The Balaban J connectivity index is 1.91. The van der Waals surface area contributed by atoms with Crippen LogP contribution in [0.3, 0.4) is 0 Å². The molecule has 0 bridgehead atoms. The van der Waals surface area contributed by atoms with Gasteiger partial charge in [0.2, 0.25) is 15.9 Å². The molecule has 1 saturated carbocycles. The van der Waals surface area contributed by atoms with Gasteiger partial charge in [-0.05, 0) is 43.5 Å². The second kappa shape index (κ2) is 8.32. The third-order valence-corrected chi connectivity index (χ3v) is 6.79. The van der Waals surface area contributed by atoms with Crippen molar-refractivity contribution in [2.24, 2.45) is 5.73 Å². The summed E-state index contributed by atoms with van der Waals surface area (Å²) in [6.07, 6.45) is 3.99. The molecule has 3 rings (SSSR count). The van der Waals surface area contributed by atoms with Gasteiger partial charge < -0.3 is 10.5 Å². The van der Waals surface area contributed by atoms with E-state index < -0.39 is 15.9 Å². The highest BCUT2D eigenvalue weighted by Crippen LogP contribution is 2.41. The number of sulfonamides is 1. The van der Waals surface area contributed by atoms with Crippen molar-refractivity contribution in [1.29, 1.82) is 0 Å². The molecule has 0 atom stereocenters. The Kier molecular flexibility index (Phi) is 6.05. The molecule has 0 aliphatic heterocycles. The van der Waals surface area contributed by atoms with E-state index in [0.717, 1.165) is 31.2 Å². The standard InChI is InChI=1S/C21H26N2O4S/c1-2-27-18-11-10-16(20(22)24)14-19(18)28(25,26)23-15-21(12-6-7-13-21)17-8-4-3-5-9-17/h3-5,8-11,14,23H,2,6-7,12-13,15H2,1H3,(H2,22,24). The van der Waals surface area contributed by atoms with E-state index in [2.05, 4.69) is 16.9 Å². The maximum Gasteiger partial charge on any atom is 0.248 e. The molecule has 1 fully saturated rings. The fourth-order valence-corrected chi connectivity index (χ4v) is 5.16. The quantitative estimate of drug-likeness (QED) is 0.709. The number of nitrogens with two attached hydrogens (primary N) is 1. The predicted octanol–water partition coefficient (Wildman–Crippen LogP) is 2.97. The van der Waals surface area contributed by atoms with Gasteiger partial charge in [0.05, 0.1) is 6.61 Å². The lowest BCUT2D eigenvalue weighted by Crippen LogP contribution is -2.39. The molecule has 0 saturated heterocycles. The lowest BCUT2D eigenvalue weighted by Gasteiger charge is -2.30. The average molecular weight is 403 g/mol. The van der Waals surface area contributed by atoms with E-state index in [1.165, 1.54) is 18.2 Å². The molecule has 1 amide bonds. The van der Waals surface area contributed by atoms with Crippen molar-refractivity contribution in [3.8, 4) is 5.75 Å². The lowest BCUT2D eigenvalue weighted by atomic mass is 9.79. The van der Waals surface area contributed by atoms with Gasteiger partial charge in [-0.1, -0.05) is 43.2 Å². The fourth-order valence-electron chi connectivity index (χ4n) is 3.87. The minimum absolute atomic E-state index is 0.0631. The SMILES string of the molecule is CCOc1ccc(C(N)=O)cc1S(=O)(=O)NCC1(c2ccccc2)CCCC1. The minimum Gasteiger partial charge on any atom is -0.492 e. The average Bonchev–Trinajstić information content (AvgIpc) is 3.18. The van der Waals surface area contributed by atoms with Gasteiger partial charge in [0.1, 0.15) is 10.6 Å². The molecule has 0 heterocycles. The van der Waals surface area contributed by atoms with Crippen LogP contribution in [0.25, 0.3) is 0 Å². The van der Waals surface area contributed by atoms with Gasteiger partial charge in [-0.3, -0.25) is 4.79 Å². The molecule has 2 aromatic carbocycles. The zero-order valence-corrected chi connectivity index (χ0v) is 16.8. The zero-order chi connectivity index (χ0) is 20.2. The Morgan fingerprint density at radius 1 is 1.14 bits per heavy atom. The van der Waals surface area contributed by atoms with Gasteiger partial charge in [0, 0.05) is 17.5 Å². The summed E-state index contributed by atoms with van der Waals surface area (Å²) >= 11 is 0. The summed E-state index contributed by atoms with van der Waals surface area (Å²) in [6, 6.07) is 14.2. The Hall–Kier alpha value is -2.38. The van der Waals surface area contributed by atoms with Crippen LogP contribution in [-0.2, 0) is 15.4 Å². The van der Waals surface area contributed by atoms with Gasteiger partial charge in [-0.2, -0.15) is 0 Å². The Labute approximate surface area is 166 Å². The van der Waals surface area contributed by atoms with Gasteiger partial charge in [0.25, 0.3) is 0 Å². The largest absolute Gasteiger partial charge is 0.492 e. The van der Waals surface area contributed by atoms with Crippen LogP contribution in [0.2, 0.25) is 0 Å². The molecular formula is C21H26N2O4S. The van der Waals surface area contributed by atoms with Crippen molar-refractivity contribution < 1.29 is 17.9 Å². The summed E-state index contributed by atoms with van der Waals surface area (Å²) in [7, 11) is -3.89.